The van der Waals surface area contributed by atoms with Gasteiger partial charge in [-0.2, -0.15) is 0 Å². The Balaban J connectivity index is 1.42. The third kappa shape index (κ3) is 6.42. The highest BCUT2D eigenvalue weighted by molar-refractivity contribution is 5.96. The predicted octanol–water partition coefficient (Wildman–Crippen LogP) is 1.69. The first kappa shape index (κ1) is 25.6. The lowest BCUT2D eigenvalue weighted by atomic mass is 10.0. The fourth-order valence-corrected chi connectivity index (χ4v) is 4.66. The second kappa shape index (κ2) is 12.0. The van der Waals surface area contributed by atoms with E-state index in [2.05, 4.69) is 46.0 Å². The molecular formula is C27H33N9O2. The van der Waals surface area contributed by atoms with Crippen LogP contribution in [0.15, 0.2) is 48.8 Å². The van der Waals surface area contributed by atoms with E-state index in [0.717, 1.165) is 60.9 Å². The first-order valence-electron chi connectivity index (χ1n) is 12.9. The molecule has 3 aromatic rings. The number of hydrogen-bond donors (Lipinski definition) is 4. The Morgan fingerprint density at radius 2 is 1.74 bits per heavy atom. The lowest BCUT2D eigenvalue weighted by molar-refractivity contribution is -0.122. The van der Waals surface area contributed by atoms with Crippen molar-refractivity contribution < 1.29 is 9.59 Å². The number of nitrogens with zero attached hydrogens (tertiary/aromatic N) is 5. The molecule has 7 heterocycles. The van der Waals surface area contributed by atoms with Gasteiger partial charge in [0, 0.05) is 82.1 Å². The van der Waals surface area contributed by atoms with Crippen molar-refractivity contribution in [3.8, 4) is 11.3 Å². The number of piperazine rings is 1. The molecule has 38 heavy (non-hydrogen) atoms. The Hall–Kier alpha value is -4.09. The molecule has 198 valence electrons. The molecule has 1 fully saturated rings. The smallest absolute Gasteiger partial charge is 0.251 e. The van der Waals surface area contributed by atoms with Crippen molar-refractivity contribution in [2.24, 2.45) is 0 Å². The van der Waals surface area contributed by atoms with Crippen LogP contribution in [0.25, 0.3) is 11.3 Å². The zero-order valence-electron chi connectivity index (χ0n) is 21.5. The molecule has 0 saturated carbocycles. The number of amides is 2. The Labute approximate surface area is 222 Å². The zero-order valence-corrected chi connectivity index (χ0v) is 21.5. The van der Waals surface area contributed by atoms with Crippen LogP contribution in [0.4, 0.5) is 17.5 Å². The molecule has 2 aromatic heterocycles. The first-order valence-corrected chi connectivity index (χ1v) is 12.9. The average molecular weight is 516 g/mol. The largest absolute Gasteiger partial charge is 0.370 e. The number of rotatable bonds is 1. The van der Waals surface area contributed by atoms with Crippen molar-refractivity contribution in [2.45, 2.75) is 13.0 Å². The average Bonchev–Trinajstić information content (AvgIpc) is 2.94. The van der Waals surface area contributed by atoms with Crippen LogP contribution in [0.3, 0.4) is 0 Å². The van der Waals surface area contributed by atoms with Gasteiger partial charge in [0.1, 0.15) is 5.82 Å². The van der Waals surface area contributed by atoms with E-state index in [1.807, 2.05) is 36.4 Å². The van der Waals surface area contributed by atoms with Crippen LogP contribution in [0.5, 0.6) is 0 Å². The van der Waals surface area contributed by atoms with Crippen LogP contribution < -0.4 is 21.3 Å². The van der Waals surface area contributed by atoms with Crippen LogP contribution in [0.1, 0.15) is 22.3 Å². The maximum Gasteiger partial charge on any atom is 0.251 e. The van der Waals surface area contributed by atoms with Crippen molar-refractivity contribution in [3.63, 3.8) is 0 Å². The second-order valence-electron chi connectivity index (χ2n) is 9.46. The molecule has 0 spiro atoms. The minimum Gasteiger partial charge on any atom is -0.370 e. The quantitative estimate of drug-likeness (QED) is 0.383. The van der Waals surface area contributed by atoms with Gasteiger partial charge < -0.3 is 21.3 Å². The van der Waals surface area contributed by atoms with Gasteiger partial charge in [0.05, 0.1) is 12.2 Å². The molecule has 0 atom stereocenters. The summed E-state index contributed by atoms with van der Waals surface area (Å²) >= 11 is 0. The summed E-state index contributed by atoms with van der Waals surface area (Å²) in [6.07, 6.45) is 4.29. The van der Waals surface area contributed by atoms with Gasteiger partial charge in [-0.05, 0) is 48.4 Å². The molecule has 8 rings (SSSR count). The summed E-state index contributed by atoms with van der Waals surface area (Å²) < 4.78 is 0. The molecule has 8 bridgehead atoms. The minimum atomic E-state index is -0.122. The molecule has 0 radical (unpaired) electrons. The Morgan fingerprint density at radius 1 is 0.947 bits per heavy atom. The van der Waals surface area contributed by atoms with Crippen molar-refractivity contribution in [1.29, 1.82) is 0 Å². The van der Waals surface area contributed by atoms with E-state index in [9.17, 15) is 9.59 Å². The first-order chi connectivity index (χ1) is 18.6. The molecule has 5 aliphatic heterocycles. The van der Waals surface area contributed by atoms with E-state index in [-0.39, 0.29) is 11.8 Å². The van der Waals surface area contributed by atoms with Crippen LogP contribution >= 0.6 is 0 Å². The van der Waals surface area contributed by atoms with Crippen molar-refractivity contribution in [1.82, 2.24) is 35.4 Å². The monoisotopic (exact) mass is 515 g/mol. The topological polar surface area (TPSA) is 127 Å². The Bertz CT molecular complexity index is 1270. The lowest BCUT2D eigenvalue weighted by Gasteiger charge is -2.34. The molecule has 1 saturated heterocycles. The van der Waals surface area contributed by atoms with Crippen molar-refractivity contribution >= 4 is 29.3 Å². The predicted molar refractivity (Wildman–Crippen MR) is 146 cm³/mol. The minimum absolute atomic E-state index is 0.0443. The van der Waals surface area contributed by atoms with E-state index in [0.29, 0.717) is 37.7 Å². The van der Waals surface area contributed by atoms with Gasteiger partial charge >= 0.3 is 0 Å². The van der Waals surface area contributed by atoms with E-state index in [1.54, 1.807) is 19.4 Å². The van der Waals surface area contributed by atoms with Crippen molar-refractivity contribution in [2.75, 3.05) is 63.5 Å². The van der Waals surface area contributed by atoms with Gasteiger partial charge in [-0.15, -0.1) is 0 Å². The Kier molecular flexibility index (Phi) is 8.05. The van der Waals surface area contributed by atoms with Gasteiger partial charge in [-0.3, -0.25) is 19.4 Å². The lowest BCUT2D eigenvalue weighted by Crippen LogP contribution is -2.49. The molecule has 1 aromatic carbocycles. The number of benzene rings is 1. The van der Waals surface area contributed by atoms with Gasteiger partial charge in [-0.1, -0.05) is 0 Å². The highest BCUT2D eigenvalue weighted by Crippen LogP contribution is 2.23. The third-order valence-corrected chi connectivity index (χ3v) is 6.76. The maximum absolute atomic E-state index is 12.6. The number of carbonyl (C=O) groups is 2. The van der Waals surface area contributed by atoms with Crippen LogP contribution in [-0.2, 0) is 11.3 Å². The van der Waals surface area contributed by atoms with Gasteiger partial charge in [-0.25, -0.2) is 15.0 Å². The molecule has 2 amide bonds. The van der Waals surface area contributed by atoms with Crippen LogP contribution in [0, 0.1) is 0 Å². The molecule has 11 heteroatoms. The van der Waals surface area contributed by atoms with Gasteiger partial charge in [0.2, 0.25) is 11.9 Å². The van der Waals surface area contributed by atoms with E-state index >= 15 is 0 Å². The molecule has 0 aliphatic carbocycles. The summed E-state index contributed by atoms with van der Waals surface area (Å²) in [4.78, 5) is 43.1. The molecule has 5 aliphatic rings. The summed E-state index contributed by atoms with van der Waals surface area (Å²) in [6, 6.07) is 11.4. The summed E-state index contributed by atoms with van der Waals surface area (Å²) in [5.74, 6) is 1.16. The molecule has 11 nitrogen and oxygen atoms in total. The number of hydrogen-bond acceptors (Lipinski definition) is 9. The standard InChI is InChI=1S/C27H33N9O2/c1-28-26(38)22-5-4-21-15-20(22)17-35-11-13-36(14-12-35)18-25(37)30-9-2-8-29-24-6-3-19(16-32-24)23-7-10-31-27(33-21)34-23/h3-7,10,15-16H,2,8-9,11-14,17-18H2,1H3,(H,28,38)(H,29,32)(H,30,37)(H,31,33,34). The van der Waals surface area contributed by atoms with Crippen molar-refractivity contribution in [3.05, 3.63) is 59.9 Å². The number of anilines is 3. The summed E-state index contributed by atoms with van der Waals surface area (Å²) in [7, 11) is 1.64. The van der Waals surface area contributed by atoms with E-state index in [4.69, 9.17) is 0 Å². The summed E-state index contributed by atoms with van der Waals surface area (Å²) in [5.41, 5.74) is 3.99. The maximum atomic E-state index is 12.6. The fourth-order valence-electron chi connectivity index (χ4n) is 4.66. The van der Waals surface area contributed by atoms with E-state index < -0.39 is 0 Å². The van der Waals surface area contributed by atoms with Gasteiger partial charge in [0.15, 0.2) is 0 Å². The highest BCUT2D eigenvalue weighted by Gasteiger charge is 2.21. The normalized spacial score (nSPS) is 20.1. The number of carbonyl (C=O) groups excluding carboxylic acids is 2. The molecule has 4 N–H and O–H groups in total. The highest BCUT2D eigenvalue weighted by atomic mass is 16.2. The summed E-state index contributed by atoms with van der Waals surface area (Å²) in [6.45, 7) is 5.57. The number of aromatic nitrogens is 3. The summed E-state index contributed by atoms with van der Waals surface area (Å²) in [5, 5.41) is 12.3. The SMILES string of the molecule is CNC(=O)c1ccc2cc1CN1CCN(CC1)CC(=O)NCCCNc1ccc(cn1)-c1ccnc(n1)N2. The fraction of sp³-hybridized carbons (Fsp3) is 0.370. The zero-order chi connectivity index (χ0) is 26.3. The van der Waals surface area contributed by atoms with Crippen LogP contribution in [-0.4, -0.2) is 89.4 Å². The molecular weight excluding hydrogens is 482 g/mol. The number of pyridine rings is 1. The molecule has 0 unspecified atom stereocenters. The third-order valence-electron chi connectivity index (χ3n) is 6.76. The van der Waals surface area contributed by atoms with Gasteiger partial charge in [0.25, 0.3) is 5.91 Å². The van der Waals surface area contributed by atoms with E-state index in [1.165, 1.54) is 0 Å². The second-order valence-corrected chi connectivity index (χ2v) is 9.46. The Morgan fingerprint density at radius 3 is 2.50 bits per heavy atom. The number of nitrogens with one attached hydrogen (secondary N) is 4. The van der Waals surface area contributed by atoms with Crippen LogP contribution in [0.2, 0.25) is 0 Å².